The van der Waals surface area contributed by atoms with Crippen LogP contribution in [0.3, 0.4) is 0 Å². The van der Waals surface area contributed by atoms with E-state index in [4.69, 9.17) is 0 Å². The summed E-state index contributed by atoms with van der Waals surface area (Å²) in [5.74, 6) is 2.01. The Balaban J connectivity index is 2.04. The van der Waals surface area contributed by atoms with Crippen molar-refractivity contribution in [3.8, 4) is 0 Å². The van der Waals surface area contributed by atoms with Crippen LogP contribution in [0.4, 0.5) is 5.82 Å². The van der Waals surface area contributed by atoms with Crippen molar-refractivity contribution >= 4 is 5.82 Å². The minimum Gasteiger partial charge on any atom is -0.396 e. The second-order valence-corrected chi connectivity index (χ2v) is 4.82. The fraction of sp³-hybridized carbons (Fsp3) is 0.692. The molecule has 1 aromatic heterocycles. The first kappa shape index (κ1) is 12.3. The van der Waals surface area contributed by atoms with Crippen LogP contribution in [0.5, 0.6) is 0 Å². The number of aliphatic hydroxyl groups excluding tert-OH is 1. The first-order valence-electron chi connectivity index (χ1n) is 6.46. The molecule has 1 aliphatic rings. The summed E-state index contributed by atoms with van der Waals surface area (Å²) in [5, 5.41) is 12.9. The van der Waals surface area contributed by atoms with Crippen LogP contribution < -0.4 is 5.32 Å². The van der Waals surface area contributed by atoms with Gasteiger partial charge in [-0.05, 0) is 25.8 Å². The van der Waals surface area contributed by atoms with Crippen molar-refractivity contribution in [1.82, 2.24) is 9.97 Å². The summed E-state index contributed by atoms with van der Waals surface area (Å²) in [4.78, 5) is 8.45. The van der Waals surface area contributed by atoms with Gasteiger partial charge in [-0.3, -0.25) is 0 Å². The highest BCUT2D eigenvalue weighted by Crippen LogP contribution is 2.25. The monoisotopic (exact) mass is 235 g/mol. The van der Waals surface area contributed by atoms with Crippen LogP contribution in [-0.2, 0) is 0 Å². The van der Waals surface area contributed by atoms with Crippen LogP contribution in [0.25, 0.3) is 0 Å². The summed E-state index contributed by atoms with van der Waals surface area (Å²) in [6.07, 6.45) is 7.74. The van der Waals surface area contributed by atoms with E-state index in [1.54, 1.807) is 6.20 Å². The highest BCUT2D eigenvalue weighted by molar-refractivity contribution is 5.34. The van der Waals surface area contributed by atoms with E-state index < -0.39 is 0 Å². The Morgan fingerprint density at radius 2 is 2.18 bits per heavy atom. The molecule has 4 nitrogen and oxygen atoms in total. The molecule has 1 heterocycles. The van der Waals surface area contributed by atoms with E-state index in [1.165, 1.54) is 19.3 Å². The molecule has 0 unspecified atom stereocenters. The molecule has 0 radical (unpaired) electrons. The number of hydrogen-bond donors (Lipinski definition) is 2. The topological polar surface area (TPSA) is 58.0 Å². The van der Waals surface area contributed by atoms with Gasteiger partial charge in [0, 0.05) is 24.8 Å². The third-order valence-corrected chi connectivity index (χ3v) is 3.50. The zero-order chi connectivity index (χ0) is 12.1. The van der Waals surface area contributed by atoms with Crippen molar-refractivity contribution in [2.24, 2.45) is 5.92 Å². The van der Waals surface area contributed by atoms with Gasteiger partial charge in [-0.1, -0.05) is 19.3 Å². The lowest BCUT2D eigenvalue weighted by atomic mass is 9.96. The van der Waals surface area contributed by atoms with Gasteiger partial charge in [-0.25, -0.2) is 9.97 Å². The van der Waals surface area contributed by atoms with Crippen LogP contribution >= 0.6 is 0 Å². The molecule has 1 aromatic rings. The number of rotatable bonds is 3. The molecular weight excluding hydrogens is 214 g/mol. The number of aromatic nitrogens is 2. The number of anilines is 1. The lowest BCUT2D eigenvalue weighted by Gasteiger charge is -2.25. The summed E-state index contributed by atoms with van der Waals surface area (Å²) >= 11 is 0. The number of nitrogens with one attached hydrogen (secondary N) is 1. The van der Waals surface area contributed by atoms with Gasteiger partial charge in [0.15, 0.2) is 0 Å². The molecule has 0 bridgehead atoms. The van der Waals surface area contributed by atoms with Crippen LogP contribution in [0.15, 0.2) is 12.3 Å². The van der Waals surface area contributed by atoms with Crippen molar-refractivity contribution in [3.63, 3.8) is 0 Å². The number of hydrogen-bond acceptors (Lipinski definition) is 4. The van der Waals surface area contributed by atoms with Crippen molar-refractivity contribution in [3.05, 3.63) is 18.1 Å². The van der Waals surface area contributed by atoms with Gasteiger partial charge < -0.3 is 10.4 Å². The summed E-state index contributed by atoms with van der Waals surface area (Å²) in [6, 6.07) is 2.24. The average molecular weight is 235 g/mol. The Kier molecular flexibility index (Phi) is 4.31. The third kappa shape index (κ3) is 3.40. The Morgan fingerprint density at radius 3 is 2.94 bits per heavy atom. The summed E-state index contributed by atoms with van der Waals surface area (Å²) < 4.78 is 0. The molecule has 1 aliphatic carbocycles. The van der Waals surface area contributed by atoms with Crippen molar-refractivity contribution in [1.29, 1.82) is 0 Å². The minimum absolute atomic E-state index is 0.266. The highest BCUT2D eigenvalue weighted by atomic mass is 16.3. The Labute approximate surface area is 102 Å². The lowest BCUT2D eigenvalue weighted by molar-refractivity contribution is 0.203. The Hall–Kier alpha value is -1.16. The Bertz CT molecular complexity index is 356. The number of nitrogens with zero attached hydrogens (tertiary/aromatic N) is 2. The summed E-state index contributed by atoms with van der Waals surface area (Å²) in [6.45, 7) is 2.16. The van der Waals surface area contributed by atoms with Gasteiger partial charge >= 0.3 is 0 Å². The molecule has 1 saturated carbocycles. The standard InChI is InChI=1S/C13H21N3O/c1-10-14-8-7-13(15-10)16-12-6-4-2-3-5-11(12)9-17/h7-8,11-12,17H,2-6,9H2,1H3,(H,14,15,16)/t11-,12-/m0/s1. The molecule has 0 aromatic carbocycles. The van der Waals surface area contributed by atoms with E-state index in [0.29, 0.717) is 12.0 Å². The summed E-state index contributed by atoms with van der Waals surface area (Å²) in [5.41, 5.74) is 0. The molecule has 0 saturated heterocycles. The highest BCUT2D eigenvalue weighted by Gasteiger charge is 2.23. The van der Waals surface area contributed by atoms with Crippen molar-refractivity contribution in [2.45, 2.75) is 45.1 Å². The normalized spacial score (nSPS) is 25.3. The van der Waals surface area contributed by atoms with E-state index in [-0.39, 0.29) is 6.61 Å². The molecule has 94 valence electrons. The first-order chi connectivity index (χ1) is 8.29. The van der Waals surface area contributed by atoms with Gasteiger partial charge in [0.2, 0.25) is 0 Å². The van der Waals surface area contributed by atoms with Crippen molar-refractivity contribution < 1.29 is 5.11 Å². The predicted octanol–water partition coefficient (Wildman–Crippen LogP) is 2.14. The Morgan fingerprint density at radius 1 is 1.35 bits per heavy atom. The van der Waals surface area contributed by atoms with E-state index in [1.807, 2.05) is 13.0 Å². The average Bonchev–Trinajstić information content (AvgIpc) is 2.54. The lowest BCUT2D eigenvalue weighted by Crippen LogP contribution is -2.31. The number of aryl methyl sites for hydroxylation is 1. The maximum absolute atomic E-state index is 9.45. The SMILES string of the molecule is Cc1nccc(N[C@H]2CCCCC[C@H]2CO)n1. The molecule has 2 N–H and O–H groups in total. The van der Waals surface area contributed by atoms with Crippen LogP contribution in [0.2, 0.25) is 0 Å². The van der Waals surface area contributed by atoms with Crippen molar-refractivity contribution in [2.75, 3.05) is 11.9 Å². The molecule has 0 aliphatic heterocycles. The second-order valence-electron chi connectivity index (χ2n) is 4.82. The minimum atomic E-state index is 0.266. The van der Waals surface area contributed by atoms with E-state index in [2.05, 4.69) is 15.3 Å². The van der Waals surface area contributed by atoms with E-state index in [9.17, 15) is 5.11 Å². The van der Waals surface area contributed by atoms with Crippen LogP contribution in [0.1, 0.15) is 37.9 Å². The molecule has 2 rings (SSSR count). The zero-order valence-electron chi connectivity index (χ0n) is 10.4. The zero-order valence-corrected chi connectivity index (χ0v) is 10.4. The molecule has 17 heavy (non-hydrogen) atoms. The fourth-order valence-corrected chi connectivity index (χ4v) is 2.52. The van der Waals surface area contributed by atoms with Gasteiger partial charge in [0.1, 0.15) is 11.6 Å². The van der Waals surface area contributed by atoms with Gasteiger partial charge in [0.25, 0.3) is 0 Å². The third-order valence-electron chi connectivity index (χ3n) is 3.50. The molecular formula is C13H21N3O. The number of aliphatic hydroxyl groups is 1. The maximum atomic E-state index is 9.45. The fourth-order valence-electron chi connectivity index (χ4n) is 2.52. The van der Waals surface area contributed by atoms with Gasteiger partial charge in [0.05, 0.1) is 0 Å². The summed E-state index contributed by atoms with van der Waals surface area (Å²) in [7, 11) is 0. The van der Waals surface area contributed by atoms with Gasteiger partial charge in [-0.2, -0.15) is 0 Å². The van der Waals surface area contributed by atoms with Crippen LogP contribution in [-0.4, -0.2) is 27.7 Å². The first-order valence-corrected chi connectivity index (χ1v) is 6.46. The smallest absolute Gasteiger partial charge is 0.129 e. The molecule has 0 amide bonds. The molecule has 1 fully saturated rings. The molecule has 2 atom stereocenters. The molecule has 0 spiro atoms. The van der Waals surface area contributed by atoms with E-state index >= 15 is 0 Å². The second kappa shape index (κ2) is 5.96. The van der Waals surface area contributed by atoms with Gasteiger partial charge in [-0.15, -0.1) is 0 Å². The predicted molar refractivity (Wildman–Crippen MR) is 67.8 cm³/mol. The maximum Gasteiger partial charge on any atom is 0.129 e. The van der Waals surface area contributed by atoms with E-state index in [0.717, 1.165) is 24.5 Å². The largest absolute Gasteiger partial charge is 0.396 e. The van der Waals surface area contributed by atoms with Crippen LogP contribution in [0, 0.1) is 12.8 Å². The molecule has 4 heteroatoms. The quantitative estimate of drug-likeness (QED) is 0.788.